The third kappa shape index (κ3) is 3.27. The third-order valence-electron chi connectivity index (χ3n) is 5.84. The van der Waals surface area contributed by atoms with Crippen molar-refractivity contribution < 1.29 is 0 Å². The van der Waals surface area contributed by atoms with E-state index in [0.29, 0.717) is 6.04 Å². The van der Waals surface area contributed by atoms with Gasteiger partial charge in [-0.1, -0.05) is 46.0 Å². The minimum Gasteiger partial charge on any atom is -0.271 e. The van der Waals surface area contributed by atoms with E-state index in [1.54, 1.807) is 0 Å². The van der Waals surface area contributed by atoms with Crippen molar-refractivity contribution in [1.82, 2.24) is 5.43 Å². The Hall–Kier alpha value is -0.0800. The van der Waals surface area contributed by atoms with E-state index in [0.717, 1.165) is 23.7 Å². The zero-order valence-corrected chi connectivity index (χ0v) is 12.3. The molecule has 0 aliphatic heterocycles. The van der Waals surface area contributed by atoms with E-state index in [1.165, 1.54) is 57.8 Å². The Labute approximate surface area is 113 Å². The molecule has 0 aromatic carbocycles. The van der Waals surface area contributed by atoms with Crippen molar-refractivity contribution in [2.24, 2.45) is 29.5 Å². The molecule has 0 heterocycles. The van der Waals surface area contributed by atoms with Gasteiger partial charge in [0.1, 0.15) is 0 Å². The standard InChI is InChI=1S/C16H32N2/c1-3-12-5-8-14(9-6-12)16(18-17)15-10-7-13(4-2)11-15/h12-16,18H,3-11,17H2,1-2H3. The summed E-state index contributed by atoms with van der Waals surface area (Å²) in [5.41, 5.74) is 3.19. The molecule has 2 nitrogen and oxygen atoms in total. The number of hydrogen-bond acceptors (Lipinski definition) is 2. The van der Waals surface area contributed by atoms with Crippen molar-refractivity contribution in [2.75, 3.05) is 0 Å². The fourth-order valence-corrected chi connectivity index (χ4v) is 4.42. The largest absolute Gasteiger partial charge is 0.271 e. The topological polar surface area (TPSA) is 38.0 Å². The summed E-state index contributed by atoms with van der Waals surface area (Å²) in [5, 5.41) is 0. The zero-order valence-electron chi connectivity index (χ0n) is 12.3. The van der Waals surface area contributed by atoms with Crippen LogP contribution in [0.1, 0.15) is 71.6 Å². The summed E-state index contributed by atoms with van der Waals surface area (Å²) in [4.78, 5) is 0. The van der Waals surface area contributed by atoms with E-state index < -0.39 is 0 Å². The second-order valence-corrected chi connectivity index (χ2v) is 6.73. The minimum atomic E-state index is 0.597. The van der Waals surface area contributed by atoms with Crippen LogP contribution in [0.2, 0.25) is 0 Å². The van der Waals surface area contributed by atoms with Crippen LogP contribution < -0.4 is 11.3 Å². The fourth-order valence-electron chi connectivity index (χ4n) is 4.42. The number of hydrogen-bond donors (Lipinski definition) is 2. The number of nitrogens with one attached hydrogen (secondary N) is 1. The first kappa shape index (κ1) is 14.3. The van der Waals surface area contributed by atoms with E-state index >= 15 is 0 Å². The van der Waals surface area contributed by atoms with Crippen LogP contribution in [0.25, 0.3) is 0 Å². The number of hydrazine groups is 1. The monoisotopic (exact) mass is 252 g/mol. The molecule has 0 bridgehead atoms. The lowest BCUT2D eigenvalue weighted by Gasteiger charge is -2.36. The van der Waals surface area contributed by atoms with E-state index in [1.807, 2.05) is 0 Å². The van der Waals surface area contributed by atoms with Gasteiger partial charge in [0.2, 0.25) is 0 Å². The van der Waals surface area contributed by atoms with Crippen molar-refractivity contribution in [3.63, 3.8) is 0 Å². The maximum Gasteiger partial charge on any atom is 0.0267 e. The zero-order chi connectivity index (χ0) is 13.0. The van der Waals surface area contributed by atoms with E-state index in [9.17, 15) is 0 Å². The van der Waals surface area contributed by atoms with Crippen LogP contribution >= 0.6 is 0 Å². The molecule has 3 N–H and O–H groups in total. The highest BCUT2D eigenvalue weighted by Crippen LogP contribution is 2.41. The molecule has 2 fully saturated rings. The molecule has 0 spiro atoms. The quantitative estimate of drug-likeness (QED) is 0.576. The highest BCUT2D eigenvalue weighted by molar-refractivity contribution is 4.89. The Morgan fingerprint density at radius 2 is 1.44 bits per heavy atom. The van der Waals surface area contributed by atoms with Gasteiger partial charge in [-0.15, -0.1) is 0 Å². The molecule has 2 saturated carbocycles. The molecule has 2 aliphatic rings. The Kier molecular flexibility index (Phi) is 5.50. The number of rotatable bonds is 5. The first-order valence-corrected chi connectivity index (χ1v) is 8.24. The van der Waals surface area contributed by atoms with E-state index in [2.05, 4.69) is 19.3 Å². The average molecular weight is 252 g/mol. The van der Waals surface area contributed by atoms with Crippen molar-refractivity contribution in [3.8, 4) is 0 Å². The van der Waals surface area contributed by atoms with Crippen LogP contribution in [0.3, 0.4) is 0 Å². The number of nitrogens with two attached hydrogens (primary N) is 1. The van der Waals surface area contributed by atoms with Crippen LogP contribution in [-0.2, 0) is 0 Å². The summed E-state index contributed by atoms with van der Waals surface area (Å²) in [5.74, 6) is 9.55. The van der Waals surface area contributed by atoms with Gasteiger partial charge in [0.15, 0.2) is 0 Å². The first-order chi connectivity index (χ1) is 8.78. The summed E-state index contributed by atoms with van der Waals surface area (Å²) in [6, 6.07) is 0.597. The Morgan fingerprint density at radius 1 is 0.889 bits per heavy atom. The predicted molar refractivity (Wildman–Crippen MR) is 78.0 cm³/mol. The predicted octanol–water partition coefficient (Wildman–Crippen LogP) is 3.86. The van der Waals surface area contributed by atoms with Gasteiger partial charge in [-0.05, 0) is 49.4 Å². The molecule has 3 atom stereocenters. The highest BCUT2D eigenvalue weighted by Gasteiger charge is 2.35. The van der Waals surface area contributed by atoms with Gasteiger partial charge < -0.3 is 0 Å². The van der Waals surface area contributed by atoms with Crippen molar-refractivity contribution in [1.29, 1.82) is 0 Å². The molecular weight excluding hydrogens is 220 g/mol. The van der Waals surface area contributed by atoms with Gasteiger partial charge >= 0.3 is 0 Å². The summed E-state index contributed by atoms with van der Waals surface area (Å²) in [6.07, 6.45) is 12.7. The lowest BCUT2D eigenvalue weighted by molar-refractivity contribution is 0.175. The van der Waals surface area contributed by atoms with Gasteiger partial charge in [-0.2, -0.15) is 0 Å². The molecule has 2 aliphatic carbocycles. The van der Waals surface area contributed by atoms with Crippen LogP contribution in [0.4, 0.5) is 0 Å². The van der Waals surface area contributed by atoms with E-state index in [-0.39, 0.29) is 0 Å². The molecule has 106 valence electrons. The lowest BCUT2D eigenvalue weighted by Crippen LogP contribution is -2.46. The molecule has 0 aromatic rings. The molecule has 0 amide bonds. The van der Waals surface area contributed by atoms with Crippen LogP contribution in [0.15, 0.2) is 0 Å². The normalized spacial score (nSPS) is 38.8. The second kappa shape index (κ2) is 6.91. The van der Waals surface area contributed by atoms with Crippen molar-refractivity contribution >= 4 is 0 Å². The van der Waals surface area contributed by atoms with Gasteiger partial charge in [0, 0.05) is 6.04 Å². The van der Waals surface area contributed by atoms with Crippen LogP contribution in [0, 0.1) is 23.7 Å². The molecule has 2 rings (SSSR count). The SMILES string of the molecule is CCC1CCC(C(NN)C2CCC(CC)C2)CC1. The van der Waals surface area contributed by atoms with Crippen molar-refractivity contribution in [2.45, 2.75) is 77.7 Å². The minimum absolute atomic E-state index is 0.597. The Balaban J connectivity index is 1.85. The Morgan fingerprint density at radius 3 is 1.94 bits per heavy atom. The molecule has 18 heavy (non-hydrogen) atoms. The summed E-state index contributed by atoms with van der Waals surface area (Å²) >= 11 is 0. The molecular formula is C16H32N2. The lowest BCUT2D eigenvalue weighted by atomic mass is 9.74. The molecule has 3 unspecified atom stereocenters. The van der Waals surface area contributed by atoms with Crippen LogP contribution in [0.5, 0.6) is 0 Å². The maximum atomic E-state index is 5.89. The fraction of sp³-hybridized carbons (Fsp3) is 1.00. The molecule has 2 heteroatoms. The molecule has 0 aromatic heterocycles. The van der Waals surface area contributed by atoms with Crippen LogP contribution in [-0.4, -0.2) is 6.04 Å². The van der Waals surface area contributed by atoms with Gasteiger partial charge in [0.25, 0.3) is 0 Å². The van der Waals surface area contributed by atoms with E-state index in [4.69, 9.17) is 5.84 Å². The second-order valence-electron chi connectivity index (χ2n) is 6.73. The smallest absolute Gasteiger partial charge is 0.0267 e. The Bertz CT molecular complexity index is 233. The molecule has 0 saturated heterocycles. The highest BCUT2D eigenvalue weighted by atomic mass is 15.2. The summed E-state index contributed by atoms with van der Waals surface area (Å²) in [7, 11) is 0. The van der Waals surface area contributed by atoms with Gasteiger partial charge in [-0.3, -0.25) is 11.3 Å². The van der Waals surface area contributed by atoms with Gasteiger partial charge in [0.05, 0.1) is 0 Å². The summed E-state index contributed by atoms with van der Waals surface area (Å²) < 4.78 is 0. The maximum absolute atomic E-state index is 5.89. The average Bonchev–Trinajstić information content (AvgIpc) is 2.89. The molecule has 0 radical (unpaired) electrons. The first-order valence-electron chi connectivity index (χ1n) is 8.24. The summed E-state index contributed by atoms with van der Waals surface area (Å²) in [6.45, 7) is 4.68. The van der Waals surface area contributed by atoms with Crippen molar-refractivity contribution in [3.05, 3.63) is 0 Å². The van der Waals surface area contributed by atoms with Gasteiger partial charge in [-0.25, -0.2) is 0 Å². The third-order valence-corrected chi connectivity index (χ3v) is 5.84.